The van der Waals surface area contributed by atoms with E-state index in [0.29, 0.717) is 6.04 Å². The molecule has 5 nitrogen and oxygen atoms in total. The maximum absolute atomic E-state index is 4.21. The summed E-state index contributed by atoms with van der Waals surface area (Å²) in [4.78, 5) is 14.8. The Hall–Kier alpha value is -2.01. The van der Waals surface area contributed by atoms with Crippen LogP contribution in [0.15, 0.2) is 43.1 Å². The van der Waals surface area contributed by atoms with Gasteiger partial charge in [0.25, 0.3) is 0 Å². The molecule has 3 heterocycles. The van der Waals surface area contributed by atoms with Gasteiger partial charge in [0.15, 0.2) is 0 Å². The van der Waals surface area contributed by atoms with Crippen LogP contribution in [-0.4, -0.2) is 45.5 Å². The Balaban J connectivity index is 1.45. The smallest absolute Gasteiger partial charge is 0.129 e. The summed E-state index contributed by atoms with van der Waals surface area (Å²) in [5.41, 5.74) is 1.31. The molecule has 1 aliphatic rings. The van der Waals surface area contributed by atoms with Crippen LogP contribution < -0.4 is 5.32 Å². The van der Waals surface area contributed by atoms with Crippen LogP contribution in [0, 0.1) is 0 Å². The van der Waals surface area contributed by atoms with Gasteiger partial charge in [-0.3, -0.25) is 4.98 Å². The van der Waals surface area contributed by atoms with Gasteiger partial charge in [0, 0.05) is 44.3 Å². The highest BCUT2D eigenvalue weighted by molar-refractivity contribution is 5.33. The zero-order valence-corrected chi connectivity index (χ0v) is 11.4. The van der Waals surface area contributed by atoms with Crippen molar-refractivity contribution in [1.29, 1.82) is 0 Å². The maximum atomic E-state index is 4.21. The SMILES string of the molecule is c1cncc(CCN2CCC(Nc3ccncn3)C2)c1. The molecule has 0 aromatic carbocycles. The van der Waals surface area contributed by atoms with E-state index in [0.717, 1.165) is 38.3 Å². The number of nitrogens with one attached hydrogen (secondary N) is 1. The van der Waals surface area contributed by atoms with E-state index >= 15 is 0 Å². The normalized spacial score (nSPS) is 19.1. The van der Waals surface area contributed by atoms with E-state index in [2.05, 4.69) is 31.2 Å². The van der Waals surface area contributed by atoms with Crippen LogP contribution in [0.1, 0.15) is 12.0 Å². The van der Waals surface area contributed by atoms with Crippen LogP contribution in [-0.2, 0) is 6.42 Å². The van der Waals surface area contributed by atoms with E-state index in [1.807, 2.05) is 24.5 Å². The third-order valence-corrected chi connectivity index (χ3v) is 3.65. The molecule has 2 aromatic heterocycles. The molecule has 104 valence electrons. The number of nitrogens with zero attached hydrogens (tertiary/aromatic N) is 4. The van der Waals surface area contributed by atoms with Gasteiger partial charge in [-0.15, -0.1) is 0 Å². The van der Waals surface area contributed by atoms with Gasteiger partial charge in [-0.1, -0.05) is 6.07 Å². The summed E-state index contributed by atoms with van der Waals surface area (Å²) in [6, 6.07) is 6.54. The number of hydrogen-bond donors (Lipinski definition) is 1. The molecule has 1 atom stereocenters. The molecule has 5 heteroatoms. The molecule has 2 aromatic rings. The highest BCUT2D eigenvalue weighted by Gasteiger charge is 2.22. The van der Waals surface area contributed by atoms with Gasteiger partial charge in [-0.2, -0.15) is 0 Å². The molecular weight excluding hydrogens is 250 g/mol. The first kappa shape index (κ1) is 13.0. The summed E-state index contributed by atoms with van der Waals surface area (Å²) >= 11 is 0. The molecule has 1 unspecified atom stereocenters. The van der Waals surface area contributed by atoms with Crippen molar-refractivity contribution >= 4 is 5.82 Å². The fourth-order valence-corrected chi connectivity index (χ4v) is 2.57. The standard InChI is InChI=1S/C15H19N5/c1-2-13(10-16-6-1)4-8-20-9-5-14(11-20)19-15-3-7-17-12-18-15/h1-3,6-7,10,12,14H,4-5,8-9,11H2,(H,17,18,19). The Labute approximate surface area is 119 Å². The van der Waals surface area contributed by atoms with Gasteiger partial charge in [0.1, 0.15) is 12.1 Å². The molecule has 1 saturated heterocycles. The minimum absolute atomic E-state index is 0.485. The van der Waals surface area contributed by atoms with Crippen molar-refractivity contribution in [3.63, 3.8) is 0 Å². The quantitative estimate of drug-likeness (QED) is 0.893. The van der Waals surface area contributed by atoms with Crippen LogP contribution in [0.4, 0.5) is 5.82 Å². The van der Waals surface area contributed by atoms with E-state index in [-0.39, 0.29) is 0 Å². The third-order valence-electron chi connectivity index (χ3n) is 3.65. The van der Waals surface area contributed by atoms with E-state index in [1.54, 1.807) is 12.5 Å². The molecule has 1 fully saturated rings. The average molecular weight is 269 g/mol. The van der Waals surface area contributed by atoms with Crippen molar-refractivity contribution in [2.24, 2.45) is 0 Å². The van der Waals surface area contributed by atoms with Crippen molar-refractivity contribution < 1.29 is 0 Å². The third kappa shape index (κ3) is 3.51. The zero-order chi connectivity index (χ0) is 13.6. The van der Waals surface area contributed by atoms with Crippen molar-refractivity contribution in [3.05, 3.63) is 48.7 Å². The minimum Gasteiger partial charge on any atom is -0.366 e. The maximum Gasteiger partial charge on any atom is 0.129 e. The summed E-state index contributed by atoms with van der Waals surface area (Å²) in [6.07, 6.45) is 9.35. The van der Waals surface area contributed by atoms with Gasteiger partial charge in [-0.25, -0.2) is 9.97 Å². The average Bonchev–Trinajstić information content (AvgIpc) is 2.95. The summed E-state index contributed by atoms with van der Waals surface area (Å²) in [5.74, 6) is 0.916. The Morgan fingerprint density at radius 1 is 1.25 bits per heavy atom. The number of hydrogen-bond acceptors (Lipinski definition) is 5. The fraction of sp³-hybridized carbons (Fsp3) is 0.400. The molecule has 3 rings (SSSR count). The lowest BCUT2D eigenvalue weighted by Crippen LogP contribution is -2.28. The molecule has 0 amide bonds. The van der Waals surface area contributed by atoms with Gasteiger partial charge < -0.3 is 10.2 Å². The summed E-state index contributed by atoms with van der Waals surface area (Å²) < 4.78 is 0. The van der Waals surface area contributed by atoms with Crippen molar-refractivity contribution in [3.8, 4) is 0 Å². The monoisotopic (exact) mass is 269 g/mol. The van der Waals surface area contributed by atoms with Crippen LogP contribution in [0.3, 0.4) is 0 Å². The van der Waals surface area contributed by atoms with Crippen molar-refractivity contribution in [2.75, 3.05) is 25.0 Å². The Morgan fingerprint density at radius 2 is 2.25 bits per heavy atom. The molecule has 1 N–H and O–H groups in total. The van der Waals surface area contributed by atoms with Crippen LogP contribution >= 0.6 is 0 Å². The second-order valence-corrected chi connectivity index (χ2v) is 5.14. The van der Waals surface area contributed by atoms with Crippen molar-refractivity contribution in [2.45, 2.75) is 18.9 Å². The molecule has 20 heavy (non-hydrogen) atoms. The lowest BCUT2D eigenvalue weighted by molar-refractivity contribution is 0.340. The summed E-state index contributed by atoms with van der Waals surface area (Å²) in [5, 5.41) is 3.46. The van der Waals surface area contributed by atoms with Gasteiger partial charge >= 0.3 is 0 Å². The predicted octanol–water partition coefficient (Wildman–Crippen LogP) is 1.60. The second-order valence-electron chi connectivity index (χ2n) is 5.14. The van der Waals surface area contributed by atoms with Gasteiger partial charge in [0.05, 0.1) is 0 Å². The Bertz CT molecular complexity index is 516. The lowest BCUT2D eigenvalue weighted by atomic mass is 10.2. The molecule has 1 aliphatic heterocycles. The minimum atomic E-state index is 0.485. The van der Waals surface area contributed by atoms with E-state index in [9.17, 15) is 0 Å². The number of aromatic nitrogens is 3. The number of likely N-dealkylation sites (tertiary alicyclic amines) is 1. The van der Waals surface area contributed by atoms with Gasteiger partial charge in [0.2, 0.25) is 0 Å². The first-order chi connectivity index (χ1) is 9.90. The molecule has 0 spiro atoms. The second kappa shape index (κ2) is 6.43. The zero-order valence-electron chi connectivity index (χ0n) is 11.4. The number of anilines is 1. The molecular formula is C15H19N5. The van der Waals surface area contributed by atoms with Crippen molar-refractivity contribution in [1.82, 2.24) is 19.9 Å². The highest BCUT2D eigenvalue weighted by atomic mass is 15.2. The van der Waals surface area contributed by atoms with Gasteiger partial charge in [-0.05, 0) is 30.5 Å². The largest absolute Gasteiger partial charge is 0.366 e. The summed E-state index contributed by atoms with van der Waals surface area (Å²) in [6.45, 7) is 3.31. The van der Waals surface area contributed by atoms with E-state index in [4.69, 9.17) is 0 Å². The Morgan fingerprint density at radius 3 is 3.05 bits per heavy atom. The summed E-state index contributed by atoms with van der Waals surface area (Å²) in [7, 11) is 0. The molecule has 0 radical (unpaired) electrons. The first-order valence-corrected chi connectivity index (χ1v) is 7.04. The lowest BCUT2D eigenvalue weighted by Gasteiger charge is -2.16. The fourth-order valence-electron chi connectivity index (χ4n) is 2.57. The first-order valence-electron chi connectivity index (χ1n) is 7.04. The highest BCUT2D eigenvalue weighted by Crippen LogP contribution is 2.14. The number of pyridine rings is 1. The topological polar surface area (TPSA) is 53.9 Å². The van der Waals surface area contributed by atoms with E-state index in [1.165, 1.54) is 5.56 Å². The molecule has 0 saturated carbocycles. The Kier molecular flexibility index (Phi) is 4.18. The van der Waals surface area contributed by atoms with E-state index < -0.39 is 0 Å². The molecule has 0 bridgehead atoms. The predicted molar refractivity (Wildman–Crippen MR) is 78.4 cm³/mol. The molecule has 0 aliphatic carbocycles. The number of rotatable bonds is 5. The van der Waals surface area contributed by atoms with Crippen LogP contribution in [0.5, 0.6) is 0 Å². The van der Waals surface area contributed by atoms with Crippen LogP contribution in [0.2, 0.25) is 0 Å². The van der Waals surface area contributed by atoms with Crippen LogP contribution in [0.25, 0.3) is 0 Å².